The first-order chi connectivity index (χ1) is 8.29. The molecule has 1 aliphatic rings. The zero-order valence-electron chi connectivity index (χ0n) is 9.54. The predicted molar refractivity (Wildman–Crippen MR) is 67.2 cm³/mol. The highest BCUT2D eigenvalue weighted by molar-refractivity contribution is 7.99. The van der Waals surface area contributed by atoms with E-state index in [0.717, 1.165) is 16.7 Å². The Hall–Kier alpha value is -1.30. The van der Waals surface area contributed by atoms with Crippen LogP contribution in [-0.2, 0) is 0 Å². The number of hydrogen-bond donors (Lipinski definition) is 2. The molecule has 1 aliphatic carbocycles. The maximum atomic E-state index is 8.49. The largest absolute Gasteiger partial charge is 0.409 e. The van der Waals surface area contributed by atoms with Crippen LogP contribution in [0.3, 0.4) is 0 Å². The smallest absolute Gasteiger partial charge is 0.190 e. The van der Waals surface area contributed by atoms with Gasteiger partial charge in [-0.05, 0) is 18.8 Å². The molecule has 1 fully saturated rings. The van der Waals surface area contributed by atoms with Crippen LogP contribution < -0.4 is 5.73 Å². The highest BCUT2D eigenvalue weighted by Crippen LogP contribution is 2.29. The van der Waals surface area contributed by atoms with Crippen LogP contribution in [0.1, 0.15) is 31.4 Å². The van der Waals surface area contributed by atoms with Gasteiger partial charge in [-0.15, -0.1) is 11.8 Å². The van der Waals surface area contributed by atoms with Gasteiger partial charge >= 0.3 is 0 Å². The average molecular weight is 252 g/mol. The lowest BCUT2D eigenvalue weighted by Crippen LogP contribution is -2.15. The molecule has 0 aliphatic heterocycles. The molecule has 92 valence electrons. The van der Waals surface area contributed by atoms with Crippen LogP contribution in [0.25, 0.3) is 0 Å². The van der Waals surface area contributed by atoms with E-state index in [4.69, 9.17) is 10.9 Å². The van der Waals surface area contributed by atoms with Crippen LogP contribution in [0.2, 0.25) is 0 Å². The van der Waals surface area contributed by atoms with E-state index in [2.05, 4.69) is 15.1 Å². The summed E-state index contributed by atoms with van der Waals surface area (Å²) in [6.07, 6.45) is 8.60. The van der Waals surface area contributed by atoms with E-state index in [9.17, 15) is 0 Å². The molecule has 0 radical (unpaired) electrons. The van der Waals surface area contributed by atoms with Gasteiger partial charge in [0.15, 0.2) is 5.84 Å². The van der Waals surface area contributed by atoms with E-state index in [1.807, 2.05) is 0 Å². The Kier molecular flexibility index (Phi) is 4.19. The lowest BCUT2D eigenvalue weighted by atomic mass is 10.1. The van der Waals surface area contributed by atoms with Crippen molar-refractivity contribution in [2.45, 2.75) is 30.7 Å². The maximum absolute atomic E-state index is 8.49. The summed E-state index contributed by atoms with van der Waals surface area (Å²) in [6, 6.07) is 0. The van der Waals surface area contributed by atoms with Gasteiger partial charge in [-0.3, -0.25) is 0 Å². The van der Waals surface area contributed by atoms with Crippen LogP contribution in [-0.4, -0.2) is 26.8 Å². The molecule has 1 saturated carbocycles. The van der Waals surface area contributed by atoms with Gasteiger partial charge in [0, 0.05) is 5.75 Å². The van der Waals surface area contributed by atoms with Crippen molar-refractivity contribution in [1.29, 1.82) is 0 Å². The molecule has 0 amide bonds. The second-order valence-electron chi connectivity index (χ2n) is 4.19. The van der Waals surface area contributed by atoms with Crippen molar-refractivity contribution in [2.24, 2.45) is 16.8 Å². The second-order valence-corrected chi connectivity index (χ2v) is 5.23. The van der Waals surface area contributed by atoms with Crippen molar-refractivity contribution >= 4 is 17.6 Å². The van der Waals surface area contributed by atoms with Crippen molar-refractivity contribution in [3.63, 3.8) is 0 Å². The highest BCUT2D eigenvalue weighted by Gasteiger charge is 2.15. The van der Waals surface area contributed by atoms with Gasteiger partial charge in [0.25, 0.3) is 0 Å². The summed E-state index contributed by atoms with van der Waals surface area (Å²) in [6.45, 7) is 0. The highest BCUT2D eigenvalue weighted by atomic mass is 32.2. The first kappa shape index (κ1) is 12.2. The fourth-order valence-corrected chi connectivity index (χ4v) is 2.95. The molecule has 1 aromatic heterocycles. The molecular formula is C11H16N4OS. The lowest BCUT2D eigenvalue weighted by molar-refractivity contribution is 0.318. The minimum absolute atomic E-state index is 0.00940. The molecule has 2 rings (SSSR count). The number of hydrogen-bond acceptors (Lipinski definition) is 5. The van der Waals surface area contributed by atoms with Gasteiger partial charge in [-0.25, -0.2) is 9.97 Å². The molecular weight excluding hydrogens is 236 g/mol. The van der Waals surface area contributed by atoms with Gasteiger partial charge in [0.1, 0.15) is 10.7 Å². The van der Waals surface area contributed by atoms with E-state index in [1.54, 1.807) is 18.0 Å². The van der Waals surface area contributed by atoms with Crippen molar-refractivity contribution in [3.8, 4) is 0 Å². The molecule has 1 aromatic rings. The second kappa shape index (κ2) is 5.86. The van der Waals surface area contributed by atoms with Crippen LogP contribution in [0.5, 0.6) is 0 Å². The zero-order chi connectivity index (χ0) is 12.1. The van der Waals surface area contributed by atoms with Gasteiger partial charge in [-0.2, -0.15) is 0 Å². The Morgan fingerprint density at radius 3 is 2.76 bits per heavy atom. The fourth-order valence-electron chi connectivity index (χ4n) is 1.95. The Labute approximate surface area is 105 Å². The Bertz CT molecular complexity index is 387. The van der Waals surface area contributed by atoms with Crippen molar-refractivity contribution < 1.29 is 5.21 Å². The number of aromatic nitrogens is 2. The normalized spacial score (nSPS) is 17.5. The molecule has 1 heterocycles. The molecule has 0 atom stereocenters. The minimum Gasteiger partial charge on any atom is -0.409 e. The van der Waals surface area contributed by atoms with Crippen molar-refractivity contribution in [1.82, 2.24) is 9.97 Å². The average Bonchev–Trinajstić information content (AvgIpc) is 2.89. The summed E-state index contributed by atoms with van der Waals surface area (Å²) < 4.78 is 0. The van der Waals surface area contributed by atoms with Gasteiger partial charge in [0.05, 0.1) is 12.4 Å². The standard InChI is InChI=1S/C11H16N4OS/c12-11(15-16)9-5-14-10(6-13-9)17-7-8-3-1-2-4-8/h5-6,8,16H,1-4,7H2,(H2,12,15). The van der Waals surface area contributed by atoms with Crippen LogP contribution >= 0.6 is 11.8 Å². The predicted octanol–water partition coefficient (Wildman–Crippen LogP) is 1.85. The number of nitrogens with two attached hydrogens (primary N) is 1. The number of nitrogens with zero attached hydrogens (tertiary/aromatic N) is 3. The molecule has 0 bridgehead atoms. The molecule has 17 heavy (non-hydrogen) atoms. The van der Waals surface area contributed by atoms with Crippen LogP contribution in [0, 0.1) is 5.92 Å². The molecule has 6 heteroatoms. The molecule has 3 N–H and O–H groups in total. The third-order valence-corrected chi connectivity index (χ3v) is 4.08. The van der Waals surface area contributed by atoms with E-state index >= 15 is 0 Å². The van der Waals surface area contributed by atoms with Gasteiger partial charge in [0.2, 0.25) is 0 Å². The molecule has 0 unspecified atom stereocenters. The third-order valence-electron chi connectivity index (χ3n) is 2.94. The fraction of sp³-hybridized carbons (Fsp3) is 0.545. The summed E-state index contributed by atoms with van der Waals surface area (Å²) in [7, 11) is 0. The number of oxime groups is 1. The first-order valence-corrected chi connectivity index (χ1v) is 6.71. The topological polar surface area (TPSA) is 84.4 Å². The molecule has 0 aromatic carbocycles. The minimum atomic E-state index is -0.00940. The van der Waals surface area contributed by atoms with Gasteiger partial charge in [-0.1, -0.05) is 18.0 Å². The Morgan fingerprint density at radius 1 is 1.41 bits per heavy atom. The van der Waals surface area contributed by atoms with E-state index < -0.39 is 0 Å². The molecule has 0 spiro atoms. The van der Waals surface area contributed by atoms with Crippen LogP contribution in [0.15, 0.2) is 22.6 Å². The lowest BCUT2D eigenvalue weighted by Gasteiger charge is -2.07. The quantitative estimate of drug-likeness (QED) is 0.281. The number of thioether (sulfide) groups is 1. The summed E-state index contributed by atoms with van der Waals surface area (Å²) in [5.41, 5.74) is 5.81. The molecule has 5 nitrogen and oxygen atoms in total. The van der Waals surface area contributed by atoms with E-state index in [1.165, 1.54) is 31.9 Å². The van der Waals surface area contributed by atoms with E-state index in [-0.39, 0.29) is 5.84 Å². The van der Waals surface area contributed by atoms with Gasteiger partial charge < -0.3 is 10.9 Å². The first-order valence-electron chi connectivity index (χ1n) is 5.72. The Balaban J connectivity index is 1.89. The number of amidine groups is 1. The SMILES string of the molecule is NC(=NO)c1cnc(SCC2CCCC2)cn1. The summed E-state index contributed by atoms with van der Waals surface area (Å²) in [5.74, 6) is 1.92. The monoisotopic (exact) mass is 252 g/mol. The summed E-state index contributed by atoms with van der Waals surface area (Å²) in [5, 5.41) is 12.3. The zero-order valence-corrected chi connectivity index (χ0v) is 10.4. The van der Waals surface area contributed by atoms with E-state index in [0.29, 0.717) is 5.69 Å². The third kappa shape index (κ3) is 3.33. The number of rotatable bonds is 4. The summed E-state index contributed by atoms with van der Waals surface area (Å²) in [4.78, 5) is 8.33. The maximum Gasteiger partial charge on any atom is 0.190 e. The van der Waals surface area contributed by atoms with Crippen molar-refractivity contribution in [3.05, 3.63) is 18.1 Å². The van der Waals surface area contributed by atoms with Crippen LogP contribution in [0.4, 0.5) is 0 Å². The Morgan fingerprint density at radius 2 is 2.18 bits per heavy atom. The molecule has 0 saturated heterocycles. The van der Waals surface area contributed by atoms with Crippen molar-refractivity contribution in [2.75, 3.05) is 5.75 Å². The summed E-state index contributed by atoms with van der Waals surface area (Å²) >= 11 is 1.73.